The molecule has 0 aliphatic heterocycles. The lowest BCUT2D eigenvalue weighted by molar-refractivity contribution is -0.114. The molecule has 0 fully saturated rings. The quantitative estimate of drug-likeness (QED) is 0.719. The molecular formula is C11H10N2O. The Morgan fingerprint density at radius 2 is 2.36 bits per heavy atom. The number of amides is 1. The van der Waals surface area contributed by atoms with E-state index >= 15 is 0 Å². The standard InChI is InChI=1S/C11H10N2O/c1-9(14)13-11-6-2-4-10(8-11)5-3-7-12/h2-6,8H,1H3,(H,13,14). The van der Waals surface area contributed by atoms with Gasteiger partial charge in [-0.15, -0.1) is 0 Å². The van der Waals surface area contributed by atoms with Gasteiger partial charge in [0, 0.05) is 18.7 Å². The lowest BCUT2D eigenvalue weighted by Gasteiger charge is -2.01. The van der Waals surface area contributed by atoms with Gasteiger partial charge in [0.1, 0.15) is 0 Å². The fourth-order valence-electron chi connectivity index (χ4n) is 1.06. The first-order valence-corrected chi connectivity index (χ1v) is 4.16. The summed E-state index contributed by atoms with van der Waals surface area (Å²) in [4.78, 5) is 10.8. The van der Waals surface area contributed by atoms with Crippen molar-refractivity contribution in [2.24, 2.45) is 0 Å². The number of carbonyl (C=O) groups is 1. The van der Waals surface area contributed by atoms with Crippen molar-refractivity contribution in [1.29, 1.82) is 5.26 Å². The molecule has 0 spiro atoms. The van der Waals surface area contributed by atoms with Gasteiger partial charge < -0.3 is 5.32 Å². The van der Waals surface area contributed by atoms with Crippen molar-refractivity contribution in [2.45, 2.75) is 6.92 Å². The maximum atomic E-state index is 10.8. The Labute approximate surface area is 82.7 Å². The van der Waals surface area contributed by atoms with Gasteiger partial charge in [0.25, 0.3) is 0 Å². The highest BCUT2D eigenvalue weighted by molar-refractivity contribution is 5.88. The highest BCUT2D eigenvalue weighted by Crippen LogP contribution is 2.11. The minimum atomic E-state index is -0.105. The summed E-state index contributed by atoms with van der Waals surface area (Å²) >= 11 is 0. The van der Waals surface area contributed by atoms with E-state index in [2.05, 4.69) is 5.32 Å². The van der Waals surface area contributed by atoms with Gasteiger partial charge in [0.15, 0.2) is 0 Å². The van der Waals surface area contributed by atoms with E-state index in [1.807, 2.05) is 18.2 Å². The largest absolute Gasteiger partial charge is 0.326 e. The molecule has 0 heterocycles. The summed E-state index contributed by atoms with van der Waals surface area (Å²) in [5, 5.41) is 11.0. The van der Waals surface area contributed by atoms with Gasteiger partial charge in [0.2, 0.25) is 5.91 Å². The third-order valence-corrected chi connectivity index (χ3v) is 1.56. The third-order valence-electron chi connectivity index (χ3n) is 1.56. The van der Waals surface area contributed by atoms with E-state index < -0.39 is 0 Å². The second-order valence-electron chi connectivity index (χ2n) is 2.77. The molecule has 0 bridgehead atoms. The second-order valence-corrected chi connectivity index (χ2v) is 2.77. The van der Waals surface area contributed by atoms with Crippen molar-refractivity contribution in [3.63, 3.8) is 0 Å². The highest BCUT2D eigenvalue weighted by atomic mass is 16.1. The van der Waals surface area contributed by atoms with Gasteiger partial charge in [-0.3, -0.25) is 4.79 Å². The fraction of sp³-hybridized carbons (Fsp3) is 0.0909. The van der Waals surface area contributed by atoms with E-state index in [1.165, 1.54) is 13.0 Å². The molecule has 0 radical (unpaired) electrons. The summed E-state index contributed by atoms with van der Waals surface area (Å²) in [5.74, 6) is -0.105. The maximum absolute atomic E-state index is 10.8. The molecule has 1 N–H and O–H groups in total. The smallest absolute Gasteiger partial charge is 0.221 e. The van der Waals surface area contributed by atoms with E-state index in [4.69, 9.17) is 5.26 Å². The van der Waals surface area contributed by atoms with Crippen LogP contribution in [0.4, 0.5) is 5.69 Å². The summed E-state index contributed by atoms with van der Waals surface area (Å²) in [6, 6.07) is 9.19. The predicted molar refractivity (Wildman–Crippen MR) is 55.4 cm³/mol. The Morgan fingerprint density at radius 1 is 1.57 bits per heavy atom. The van der Waals surface area contributed by atoms with Crippen LogP contribution in [0.25, 0.3) is 6.08 Å². The summed E-state index contributed by atoms with van der Waals surface area (Å²) in [6.07, 6.45) is 3.08. The Kier molecular flexibility index (Phi) is 3.45. The number of hydrogen-bond donors (Lipinski definition) is 1. The van der Waals surface area contributed by atoms with E-state index in [-0.39, 0.29) is 5.91 Å². The molecule has 1 amide bonds. The molecule has 1 aromatic carbocycles. The van der Waals surface area contributed by atoms with Gasteiger partial charge in [-0.05, 0) is 23.8 Å². The van der Waals surface area contributed by atoms with Gasteiger partial charge in [-0.1, -0.05) is 12.1 Å². The second kappa shape index (κ2) is 4.83. The Balaban J connectivity index is 2.85. The number of nitrogens with zero attached hydrogens (tertiary/aromatic N) is 1. The number of nitrogens with one attached hydrogen (secondary N) is 1. The summed E-state index contributed by atoms with van der Waals surface area (Å²) in [6.45, 7) is 1.46. The minimum Gasteiger partial charge on any atom is -0.326 e. The molecule has 0 aliphatic carbocycles. The molecule has 70 valence electrons. The molecule has 14 heavy (non-hydrogen) atoms. The van der Waals surface area contributed by atoms with Crippen LogP contribution >= 0.6 is 0 Å². The van der Waals surface area contributed by atoms with Crippen LogP contribution in [0.3, 0.4) is 0 Å². The van der Waals surface area contributed by atoms with Crippen LogP contribution in [0.5, 0.6) is 0 Å². The number of rotatable bonds is 2. The van der Waals surface area contributed by atoms with Gasteiger partial charge in [-0.25, -0.2) is 0 Å². The molecule has 0 saturated heterocycles. The summed E-state index contributed by atoms with van der Waals surface area (Å²) in [7, 11) is 0. The van der Waals surface area contributed by atoms with E-state index in [1.54, 1.807) is 18.2 Å². The average molecular weight is 186 g/mol. The van der Waals surface area contributed by atoms with E-state index in [0.29, 0.717) is 0 Å². The molecule has 0 aromatic heterocycles. The van der Waals surface area contributed by atoms with Crippen molar-refractivity contribution >= 4 is 17.7 Å². The molecule has 1 aromatic rings. The molecule has 0 atom stereocenters. The maximum Gasteiger partial charge on any atom is 0.221 e. The van der Waals surface area contributed by atoms with Crippen LogP contribution in [0, 0.1) is 11.3 Å². The Bertz CT molecular complexity index is 402. The minimum absolute atomic E-state index is 0.105. The van der Waals surface area contributed by atoms with Crippen LogP contribution in [-0.4, -0.2) is 5.91 Å². The number of carbonyl (C=O) groups excluding carboxylic acids is 1. The summed E-state index contributed by atoms with van der Waals surface area (Å²) in [5.41, 5.74) is 1.62. The molecule has 0 unspecified atom stereocenters. The lowest BCUT2D eigenvalue weighted by atomic mass is 10.2. The zero-order valence-electron chi connectivity index (χ0n) is 7.82. The van der Waals surface area contributed by atoms with Crippen molar-refractivity contribution in [3.8, 4) is 6.07 Å². The van der Waals surface area contributed by atoms with Crippen molar-refractivity contribution in [1.82, 2.24) is 0 Å². The Hall–Kier alpha value is -2.08. The number of anilines is 1. The highest BCUT2D eigenvalue weighted by Gasteiger charge is 1.94. The summed E-state index contributed by atoms with van der Waals surface area (Å²) < 4.78 is 0. The van der Waals surface area contributed by atoms with E-state index in [0.717, 1.165) is 11.3 Å². The van der Waals surface area contributed by atoms with Gasteiger partial charge in [0.05, 0.1) is 6.07 Å². The topological polar surface area (TPSA) is 52.9 Å². The van der Waals surface area contributed by atoms with Gasteiger partial charge in [-0.2, -0.15) is 5.26 Å². The van der Waals surface area contributed by atoms with E-state index in [9.17, 15) is 4.79 Å². The first-order valence-electron chi connectivity index (χ1n) is 4.16. The number of allylic oxidation sites excluding steroid dienone is 1. The lowest BCUT2D eigenvalue weighted by Crippen LogP contribution is -2.05. The SMILES string of the molecule is CC(=O)Nc1cccc(C=CC#N)c1. The first-order chi connectivity index (χ1) is 6.72. The fourth-order valence-corrected chi connectivity index (χ4v) is 1.06. The average Bonchev–Trinajstić information content (AvgIpc) is 2.14. The molecule has 0 aliphatic rings. The monoisotopic (exact) mass is 186 g/mol. The van der Waals surface area contributed by atoms with Crippen LogP contribution in [0.2, 0.25) is 0 Å². The van der Waals surface area contributed by atoms with Gasteiger partial charge >= 0.3 is 0 Å². The number of nitriles is 1. The van der Waals surface area contributed by atoms with Crippen LogP contribution in [0.1, 0.15) is 12.5 Å². The molecular weight excluding hydrogens is 176 g/mol. The number of benzene rings is 1. The molecule has 3 nitrogen and oxygen atoms in total. The third kappa shape index (κ3) is 3.11. The molecule has 3 heteroatoms. The van der Waals surface area contributed by atoms with Crippen LogP contribution in [-0.2, 0) is 4.79 Å². The predicted octanol–water partition coefficient (Wildman–Crippen LogP) is 2.18. The van der Waals surface area contributed by atoms with Crippen molar-refractivity contribution < 1.29 is 4.79 Å². The Morgan fingerprint density at radius 3 is 3.00 bits per heavy atom. The molecule has 0 saturated carbocycles. The first kappa shape index (κ1) is 10.0. The zero-order chi connectivity index (χ0) is 10.4. The molecule has 1 rings (SSSR count). The number of hydrogen-bond acceptors (Lipinski definition) is 2. The normalized spacial score (nSPS) is 9.71. The van der Waals surface area contributed by atoms with Crippen molar-refractivity contribution in [2.75, 3.05) is 5.32 Å². The van der Waals surface area contributed by atoms with Crippen LogP contribution < -0.4 is 5.32 Å². The van der Waals surface area contributed by atoms with Crippen molar-refractivity contribution in [3.05, 3.63) is 35.9 Å². The zero-order valence-corrected chi connectivity index (χ0v) is 7.82. The van der Waals surface area contributed by atoms with Crippen LogP contribution in [0.15, 0.2) is 30.3 Å².